The van der Waals surface area contributed by atoms with E-state index in [1.54, 1.807) is 25.1 Å². The average molecular weight is 410 g/mol. The number of halogens is 1. The summed E-state index contributed by atoms with van der Waals surface area (Å²) < 4.78 is 24.4. The Balaban J connectivity index is 1.42. The molecule has 0 bridgehead atoms. The summed E-state index contributed by atoms with van der Waals surface area (Å²) in [7, 11) is 0. The minimum Gasteiger partial charge on any atom is -0.494 e. The zero-order valence-electron chi connectivity index (χ0n) is 16.8. The number of aromatic nitrogens is 2. The number of nitrogens with one attached hydrogen (secondary N) is 2. The number of anilines is 1. The smallest absolute Gasteiger partial charge is 0.319 e. The maximum Gasteiger partial charge on any atom is 0.319 e. The lowest BCUT2D eigenvalue weighted by Crippen LogP contribution is -2.32. The number of nitrogens with zero attached hydrogens (tertiary/aromatic N) is 2. The van der Waals surface area contributed by atoms with Crippen LogP contribution in [-0.4, -0.2) is 36.0 Å². The topological polar surface area (TPSA) is 85.4 Å². The number of hydrogen-bond acceptors (Lipinski definition) is 5. The van der Waals surface area contributed by atoms with Crippen LogP contribution in [0.25, 0.3) is 11.3 Å². The summed E-state index contributed by atoms with van der Waals surface area (Å²) >= 11 is 0. The second-order valence-corrected chi connectivity index (χ2v) is 6.41. The van der Waals surface area contributed by atoms with Crippen LogP contribution in [0.3, 0.4) is 0 Å². The van der Waals surface area contributed by atoms with Crippen LogP contribution >= 0.6 is 0 Å². The first-order chi connectivity index (χ1) is 14.5. The highest BCUT2D eigenvalue weighted by atomic mass is 19.1. The molecule has 0 spiro atoms. The fourth-order valence-corrected chi connectivity index (χ4v) is 2.61. The van der Waals surface area contributed by atoms with Gasteiger partial charge in [-0.1, -0.05) is 6.07 Å². The Morgan fingerprint density at radius 2 is 1.83 bits per heavy atom. The van der Waals surface area contributed by atoms with Crippen molar-refractivity contribution < 1.29 is 18.7 Å². The molecule has 0 aliphatic heterocycles. The third-order valence-electron chi connectivity index (χ3n) is 4.17. The molecule has 1 heterocycles. The van der Waals surface area contributed by atoms with Crippen LogP contribution in [0.4, 0.5) is 14.9 Å². The summed E-state index contributed by atoms with van der Waals surface area (Å²) in [5, 5.41) is 13.4. The Hall–Kier alpha value is -3.68. The zero-order chi connectivity index (χ0) is 21.3. The molecule has 156 valence electrons. The lowest BCUT2D eigenvalue weighted by atomic mass is 10.1. The Labute approximate surface area is 174 Å². The summed E-state index contributed by atoms with van der Waals surface area (Å²) in [4.78, 5) is 11.8. The van der Waals surface area contributed by atoms with Crippen LogP contribution < -0.4 is 20.1 Å². The van der Waals surface area contributed by atoms with Crippen molar-refractivity contribution in [3.63, 3.8) is 0 Å². The van der Waals surface area contributed by atoms with Crippen molar-refractivity contribution >= 4 is 11.7 Å². The van der Waals surface area contributed by atoms with Crippen LogP contribution in [0.1, 0.15) is 12.5 Å². The molecule has 2 N–H and O–H groups in total. The van der Waals surface area contributed by atoms with Gasteiger partial charge in [0, 0.05) is 17.3 Å². The minimum atomic E-state index is -0.446. The number of carbonyl (C=O) groups excluding carboxylic acids is 1. The predicted octanol–water partition coefficient (Wildman–Crippen LogP) is 4.19. The van der Waals surface area contributed by atoms with E-state index in [0.29, 0.717) is 29.4 Å². The number of aryl methyl sites for hydroxylation is 1. The van der Waals surface area contributed by atoms with Gasteiger partial charge in [-0.25, -0.2) is 9.18 Å². The maximum atomic E-state index is 13.5. The largest absolute Gasteiger partial charge is 0.494 e. The number of ether oxygens (including phenoxy) is 2. The van der Waals surface area contributed by atoms with E-state index in [-0.39, 0.29) is 19.0 Å². The van der Waals surface area contributed by atoms with E-state index in [1.165, 1.54) is 6.07 Å². The molecule has 0 unspecified atom stereocenters. The van der Waals surface area contributed by atoms with Gasteiger partial charge in [0.15, 0.2) is 0 Å². The first-order valence-electron chi connectivity index (χ1n) is 9.56. The molecule has 0 aliphatic carbocycles. The van der Waals surface area contributed by atoms with Crippen molar-refractivity contribution in [2.24, 2.45) is 0 Å². The van der Waals surface area contributed by atoms with E-state index >= 15 is 0 Å². The number of urea groups is 1. The summed E-state index contributed by atoms with van der Waals surface area (Å²) in [6.07, 6.45) is 0. The van der Waals surface area contributed by atoms with Crippen LogP contribution in [0.2, 0.25) is 0 Å². The quantitative estimate of drug-likeness (QED) is 0.544. The monoisotopic (exact) mass is 410 g/mol. The van der Waals surface area contributed by atoms with E-state index in [1.807, 2.05) is 37.3 Å². The van der Waals surface area contributed by atoms with Crippen LogP contribution in [-0.2, 0) is 0 Å². The molecule has 8 heteroatoms. The van der Waals surface area contributed by atoms with Gasteiger partial charge in [0.2, 0.25) is 5.88 Å². The van der Waals surface area contributed by atoms with Crippen LogP contribution in [0.15, 0.2) is 54.6 Å². The molecular formula is C22H23FN4O3. The standard InChI is InChI=1S/C22H23FN4O3/c1-3-29-18-8-5-16(6-9-18)20-10-11-21(27-26-20)30-13-12-24-22(28)25-17-7-4-15(2)19(23)14-17/h4-11,14H,3,12-13H2,1-2H3,(H2,24,25,28). The summed E-state index contributed by atoms with van der Waals surface area (Å²) in [5.41, 5.74) is 2.54. The van der Waals surface area contributed by atoms with Crippen molar-refractivity contribution in [3.05, 3.63) is 66.0 Å². The SMILES string of the molecule is CCOc1ccc(-c2ccc(OCCNC(=O)Nc3ccc(C)c(F)c3)nn2)cc1. The molecule has 2 aromatic carbocycles. The van der Waals surface area contributed by atoms with E-state index < -0.39 is 6.03 Å². The van der Waals surface area contributed by atoms with E-state index in [0.717, 1.165) is 11.3 Å². The molecule has 7 nitrogen and oxygen atoms in total. The third-order valence-corrected chi connectivity index (χ3v) is 4.17. The molecule has 0 saturated heterocycles. The van der Waals surface area contributed by atoms with Gasteiger partial charge in [0.1, 0.15) is 18.2 Å². The normalized spacial score (nSPS) is 10.4. The molecule has 0 aliphatic rings. The first-order valence-corrected chi connectivity index (χ1v) is 9.56. The van der Waals surface area contributed by atoms with E-state index in [9.17, 15) is 9.18 Å². The van der Waals surface area contributed by atoms with Crippen molar-refractivity contribution in [1.29, 1.82) is 0 Å². The molecule has 0 saturated carbocycles. The average Bonchev–Trinajstić information content (AvgIpc) is 2.75. The maximum absolute atomic E-state index is 13.5. The molecule has 3 aromatic rings. The highest BCUT2D eigenvalue weighted by Crippen LogP contribution is 2.21. The third kappa shape index (κ3) is 5.91. The van der Waals surface area contributed by atoms with E-state index in [4.69, 9.17) is 9.47 Å². The Kier molecular flexibility index (Phi) is 7.15. The number of amides is 2. The number of rotatable bonds is 8. The van der Waals surface area contributed by atoms with Gasteiger partial charge in [0.25, 0.3) is 0 Å². The van der Waals surface area contributed by atoms with Gasteiger partial charge in [-0.2, -0.15) is 0 Å². The van der Waals surface area contributed by atoms with Gasteiger partial charge in [-0.3, -0.25) is 0 Å². The second-order valence-electron chi connectivity index (χ2n) is 6.41. The van der Waals surface area contributed by atoms with Gasteiger partial charge < -0.3 is 20.1 Å². The van der Waals surface area contributed by atoms with Crippen molar-refractivity contribution in [2.75, 3.05) is 25.1 Å². The molecule has 2 amide bonds. The molecule has 0 radical (unpaired) electrons. The Morgan fingerprint density at radius 3 is 2.50 bits per heavy atom. The van der Waals surface area contributed by atoms with Crippen LogP contribution in [0, 0.1) is 12.7 Å². The van der Waals surface area contributed by atoms with Crippen molar-refractivity contribution in [1.82, 2.24) is 15.5 Å². The highest BCUT2D eigenvalue weighted by molar-refractivity contribution is 5.89. The van der Waals surface area contributed by atoms with Gasteiger partial charge >= 0.3 is 6.03 Å². The first kappa shape index (κ1) is 21.0. The summed E-state index contributed by atoms with van der Waals surface area (Å²) in [6, 6.07) is 15.2. The van der Waals surface area contributed by atoms with Crippen LogP contribution in [0.5, 0.6) is 11.6 Å². The predicted molar refractivity (Wildman–Crippen MR) is 112 cm³/mol. The summed E-state index contributed by atoms with van der Waals surface area (Å²) in [5.74, 6) is 0.786. The van der Waals surface area contributed by atoms with Crippen molar-refractivity contribution in [2.45, 2.75) is 13.8 Å². The molecule has 3 rings (SSSR count). The minimum absolute atomic E-state index is 0.215. The van der Waals surface area contributed by atoms with Gasteiger partial charge in [-0.05, 0) is 61.9 Å². The molecule has 30 heavy (non-hydrogen) atoms. The number of carbonyl (C=O) groups is 1. The Bertz CT molecular complexity index is 979. The lowest BCUT2D eigenvalue weighted by Gasteiger charge is -2.09. The lowest BCUT2D eigenvalue weighted by molar-refractivity contribution is 0.246. The number of benzene rings is 2. The molecular weight excluding hydrogens is 387 g/mol. The zero-order valence-corrected chi connectivity index (χ0v) is 16.8. The second kappa shape index (κ2) is 10.2. The fourth-order valence-electron chi connectivity index (χ4n) is 2.61. The summed E-state index contributed by atoms with van der Waals surface area (Å²) in [6.45, 7) is 4.68. The fraction of sp³-hybridized carbons (Fsp3) is 0.227. The van der Waals surface area contributed by atoms with Gasteiger partial charge in [0.05, 0.1) is 18.8 Å². The molecule has 0 fully saturated rings. The molecule has 0 atom stereocenters. The van der Waals surface area contributed by atoms with E-state index in [2.05, 4.69) is 20.8 Å². The highest BCUT2D eigenvalue weighted by Gasteiger charge is 2.05. The Morgan fingerprint density at radius 1 is 1.03 bits per heavy atom. The van der Waals surface area contributed by atoms with Crippen molar-refractivity contribution in [3.8, 4) is 22.9 Å². The molecule has 1 aromatic heterocycles. The van der Waals surface area contributed by atoms with Gasteiger partial charge in [-0.15, -0.1) is 10.2 Å². The number of hydrogen-bond donors (Lipinski definition) is 2.